The molecule has 0 aliphatic rings. The van der Waals surface area contributed by atoms with E-state index in [9.17, 15) is 0 Å². The van der Waals surface area contributed by atoms with Gasteiger partial charge in [-0.05, 0) is 36.5 Å². The molecule has 16 heavy (non-hydrogen) atoms. The average Bonchev–Trinajstić information content (AvgIpc) is 2.28. The fourth-order valence-electron chi connectivity index (χ4n) is 1.40. The van der Waals surface area contributed by atoms with E-state index in [-0.39, 0.29) is 0 Å². The fourth-order valence-corrected chi connectivity index (χ4v) is 1.78. The first kappa shape index (κ1) is 13.6. The van der Waals surface area contributed by atoms with Crippen LogP contribution < -0.4 is 4.74 Å². The summed E-state index contributed by atoms with van der Waals surface area (Å²) in [4.78, 5) is 0.551. The largest absolute Gasteiger partial charge is 0.494 e. The van der Waals surface area contributed by atoms with E-state index >= 15 is 0 Å². The third kappa shape index (κ3) is 4.56. The predicted octanol–water partition coefficient (Wildman–Crippen LogP) is 4.44. The van der Waals surface area contributed by atoms with E-state index in [1.54, 1.807) is 0 Å². The van der Waals surface area contributed by atoms with Crippen molar-refractivity contribution in [1.29, 1.82) is 0 Å². The van der Waals surface area contributed by atoms with E-state index in [1.807, 2.05) is 0 Å². The maximum atomic E-state index is 5.55. The summed E-state index contributed by atoms with van der Waals surface area (Å²) in [5.41, 5.74) is 1.36. The lowest BCUT2D eigenvalue weighted by molar-refractivity contribution is 0.317. The minimum absolute atomic E-state index is 0.551. The quantitative estimate of drug-likeness (QED) is 0.702. The Kier molecular flexibility index (Phi) is 5.89. The second kappa shape index (κ2) is 6.95. The highest BCUT2D eigenvalue weighted by atomic mass is 79.9. The summed E-state index contributed by atoms with van der Waals surface area (Å²) in [6.45, 7) is 7.38. The van der Waals surface area contributed by atoms with Crippen LogP contribution in [0.15, 0.2) is 24.3 Å². The van der Waals surface area contributed by atoms with Crippen molar-refractivity contribution in [2.75, 3.05) is 6.61 Å². The van der Waals surface area contributed by atoms with Gasteiger partial charge in [0, 0.05) is 4.83 Å². The van der Waals surface area contributed by atoms with E-state index in [0.717, 1.165) is 25.2 Å². The molecule has 0 fully saturated rings. The summed E-state index contributed by atoms with van der Waals surface area (Å²) >= 11 is 3.71. The zero-order chi connectivity index (χ0) is 12.0. The van der Waals surface area contributed by atoms with E-state index in [1.165, 1.54) is 5.56 Å². The first-order valence-corrected chi connectivity index (χ1v) is 6.91. The number of ether oxygens (including phenoxy) is 1. The van der Waals surface area contributed by atoms with Gasteiger partial charge in [0.15, 0.2) is 0 Å². The molecular formula is C14H21BrO. The topological polar surface area (TPSA) is 9.23 Å². The molecule has 0 spiro atoms. The molecule has 1 rings (SSSR count). The number of halogens is 1. The second-order valence-corrected chi connectivity index (χ2v) is 5.63. The SMILES string of the molecule is CCCOc1ccc(CC(Br)C(C)C)cc1. The van der Waals surface area contributed by atoms with Gasteiger partial charge in [0.25, 0.3) is 0 Å². The van der Waals surface area contributed by atoms with Crippen LogP contribution >= 0.6 is 15.9 Å². The predicted molar refractivity (Wildman–Crippen MR) is 73.5 cm³/mol. The Labute approximate surface area is 107 Å². The lowest BCUT2D eigenvalue weighted by Crippen LogP contribution is -2.10. The van der Waals surface area contributed by atoms with Gasteiger partial charge < -0.3 is 4.74 Å². The molecular weight excluding hydrogens is 264 g/mol. The van der Waals surface area contributed by atoms with Gasteiger partial charge in [-0.25, -0.2) is 0 Å². The van der Waals surface area contributed by atoms with E-state index < -0.39 is 0 Å². The van der Waals surface area contributed by atoms with Crippen LogP contribution in [0.5, 0.6) is 5.75 Å². The van der Waals surface area contributed by atoms with Gasteiger partial charge >= 0.3 is 0 Å². The zero-order valence-electron chi connectivity index (χ0n) is 10.4. The highest BCUT2D eigenvalue weighted by molar-refractivity contribution is 9.09. The summed E-state index contributed by atoms with van der Waals surface area (Å²) in [7, 11) is 0. The van der Waals surface area contributed by atoms with Crippen molar-refractivity contribution in [2.24, 2.45) is 5.92 Å². The monoisotopic (exact) mass is 284 g/mol. The third-order valence-electron chi connectivity index (χ3n) is 2.55. The lowest BCUT2D eigenvalue weighted by atomic mass is 10.0. The van der Waals surface area contributed by atoms with Crippen LogP contribution in [-0.4, -0.2) is 11.4 Å². The Balaban J connectivity index is 2.51. The van der Waals surface area contributed by atoms with Crippen LogP contribution in [0.2, 0.25) is 0 Å². The van der Waals surface area contributed by atoms with Crippen LogP contribution in [0, 0.1) is 5.92 Å². The molecule has 2 heteroatoms. The van der Waals surface area contributed by atoms with E-state index in [2.05, 4.69) is 61.0 Å². The molecule has 1 unspecified atom stereocenters. The molecule has 0 saturated heterocycles. The average molecular weight is 285 g/mol. The van der Waals surface area contributed by atoms with Gasteiger partial charge in [0.05, 0.1) is 6.61 Å². The fraction of sp³-hybridized carbons (Fsp3) is 0.571. The van der Waals surface area contributed by atoms with Crippen molar-refractivity contribution < 1.29 is 4.74 Å². The molecule has 1 nitrogen and oxygen atoms in total. The number of rotatable bonds is 6. The van der Waals surface area contributed by atoms with Crippen LogP contribution in [0.4, 0.5) is 0 Å². The number of alkyl halides is 1. The molecule has 1 aromatic rings. The van der Waals surface area contributed by atoms with Crippen molar-refractivity contribution in [1.82, 2.24) is 0 Å². The van der Waals surface area contributed by atoms with E-state index in [4.69, 9.17) is 4.74 Å². The van der Waals surface area contributed by atoms with Crippen LogP contribution in [0.1, 0.15) is 32.8 Å². The summed E-state index contributed by atoms with van der Waals surface area (Å²) in [6.07, 6.45) is 2.13. The number of hydrogen-bond acceptors (Lipinski definition) is 1. The van der Waals surface area contributed by atoms with E-state index in [0.29, 0.717) is 10.7 Å². The third-order valence-corrected chi connectivity index (χ3v) is 3.93. The summed E-state index contributed by atoms with van der Waals surface area (Å²) < 4.78 is 5.55. The molecule has 0 aromatic heterocycles. The second-order valence-electron chi connectivity index (χ2n) is 4.46. The number of benzene rings is 1. The minimum atomic E-state index is 0.551. The van der Waals surface area contributed by atoms with Gasteiger partial charge in [-0.1, -0.05) is 48.8 Å². The van der Waals surface area contributed by atoms with Crippen LogP contribution in [-0.2, 0) is 6.42 Å². The molecule has 0 N–H and O–H groups in total. The smallest absolute Gasteiger partial charge is 0.119 e. The zero-order valence-corrected chi connectivity index (χ0v) is 12.0. The van der Waals surface area contributed by atoms with Gasteiger partial charge in [-0.15, -0.1) is 0 Å². The van der Waals surface area contributed by atoms with Crippen LogP contribution in [0.3, 0.4) is 0 Å². The Morgan fingerprint density at radius 2 is 1.81 bits per heavy atom. The number of hydrogen-bond donors (Lipinski definition) is 0. The highest BCUT2D eigenvalue weighted by Crippen LogP contribution is 2.20. The van der Waals surface area contributed by atoms with Crippen molar-refractivity contribution in [3.8, 4) is 5.75 Å². The minimum Gasteiger partial charge on any atom is -0.494 e. The Bertz CT molecular complexity index is 292. The molecule has 0 aliphatic carbocycles. The Morgan fingerprint density at radius 1 is 1.19 bits per heavy atom. The maximum absolute atomic E-state index is 5.55. The van der Waals surface area contributed by atoms with Gasteiger partial charge in [0.1, 0.15) is 5.75 Å². The highest BCUT2D eigenvalue weighted by Gasteiger charge is 2.09. The van der Waals surface area contributed by atoms with Crippen LogP contribution in [0.25, 0.3) is 0 Å². The molecule has 90 valence electrons. The normalized spacial score (nSPS) is 12.8. The molecule has 0 aliphatic heterocycles. The molecule has 0 heterocycles. The summed E-state index contributed by atoms with van der Waals surface area (Å²) in [5, 5.41) is 0. The van der Waals surface area contributed by atoms with Crippen molar-refractivity contribution in [2.45, 2.75) is 38.4 Å². The molecule has 0 amide bonds. The molecule has 0 radical (unpaired) electrons. The lowest BCUT2D eigenvalue weighted by Gasteiger charge is -2.13. The Morgan fingerprint density at radius 3 is 2.31 bits per heavy atom. The first-order chi connectivity index (χ1) is 7.63. The van der Waals surface area contributed by atoms with Gasteiger partial charge in [-0.2, -0.15) is 0 Å². The molecule has 1 aromatic carbocycles. The summed E-state index contributed by atoms with van der Waals surface area (Å²) in [5.74, 6) is 1.64. The molecule has 0 saturated carbocycles. The molecule has 0 bridgehead atoms. The maximum Gasteiger partial charge on any atom is 0.119 e. The first-order valence-electron chi connectivity index (χ1n) is 5.99. The molecule has 1 atom stereocenters. The van der Waals surface area contributed by atoms with Crippen molar-refractivity contribution >= 4 is 15.9 Å². The standard InChI is InChI=1S/C14H21BrO/c1-4-9-16-13-7-5-12(6-8-13)10-14(15)11(2)3/h5-8,11,14H,4,9-10H2,1-3H3. The Hall–Kier alpha value is -0.500. The van der Waals surface area contributed by atoms with Crippen molar-refractivity contribution in [3.05, 3.63) is 29.8 Å². The van der Waals surface area contributed by atoms with Crippen molar-refractivity contribution in [3.63, 3.8) is 0 Å². The summed E-state index contributed by atoms with van der Waals surface area (Å²) in [6, 6.07) is 8.43. The van der Waals surface area contributed by atoms with Gasteiger partial charge in [-0.3, -0.25) is 0 Å². The van der Waals surface area contributed by atoms with Gasteiger partial charge in [0.2, 0.25) is 0 Å².